The number of hydrogen-bond donors (Lipinski definition) is 2. The van der Waals surface area contributed by atoms with Crippen molar-refractivity contribution in [3.05, 3.63) is 0 Å². The van der Waals surface area contributed by atoms with E-state index in [2.05, 4.69) is 10.6 Å². The highest BCUT2D eigenvalue weighted by atomic mass is 32.1. The van der Waals surface area contributed by atoms with Crippen LogP contribution in [0.1, 0.15) is 52.4 Å². The predicted octanol–water partition coefficient (Wildman–Crippen LogP) is 2.60. The molecule has 1 amide bonds. The molecule has 0 aliphatic heterocycles. The van der Waals surface area contributed by atoms with Crippen molar-refractivity contribution in [3.8, 4) is 0 Å². The third-order valence-corrected chi connectivity index (χ3v) is 5.38. The second-order valence-corrected chi connectivity index (χ2v) is 7.70. The van der Waals surface area contributed by atoms with E-state index in [1.165, 1.54) is 38.5 Å². The summed E-state index contributed by atoms with van der Waals surface area (Å²) in [5.41, 5.74) is 0.191. The quantitative estimate of drug-likeness (QED) is 0.764. The molecule has 4 fully saturated rings. The molecule has 106 valence electrons. The van der Waals surface area contributed by atoms with Gasteiger partial charge in [0.15, 0.2) is 5.11 Å². The largest absolute Gasteiger partial charge is 0.357 e. The molecule has 0 unspecified atom stereocenters. The van der Waals surface area contributed by atoms with Gasteiger partial charge in [-0.2, -0.15) is 0 Å². The van der Waals surface area contributed by atoms with Crippen LogP contribution >= 0.6 is 12.2 Å². The van der Waals surface area contributed by atoms with E-state index in [1.807, 2.05) is 13.8 Å². The van der Waals surface area contributed by atoms with E-state index in [-0.39, 0.29) is 17.4 Å². The zero-order valence-electron chi connectivity index (χ0n) is 11.9. The van der Waals surface area contributed by atoms with Gasteiger partial charge in [0.25, 0.3) is 0 Å². The maximum atomic E-state index is 11.7. The van der Waals surface area contributed by atoms with E-state index in [4.69, 9.17) is 12.2 Å². The molecule has 0 aromatic carbocycles. The summed E-state index contributed by atoms with van der Waals surface area (Å²) in [5, 5.41) is 6.89. The lowest BCUT2D eigenvalue weighted by atomic mass is 9.53. The minimum absolute atomic E-state index is 0.0160. The lowest BCUT2D eigenvalue weighted by molar-refractivity contribution is -0.122. The molecule has 4 heteroatoms. The van der Waals surface area contributed by atoms with Crippen molar-refractivity contribution in [3.63, 3.8) is 0 Å². The van der Waals surface area contributed by atoms with Crippen molar-refractivity contribution in [1.82, 2.24) is 10.6 Å². The summed E-state index contributed by atoms with van der Waals surface area (Å²) in [7, 11) is 0. The lowest BCUT2D eigenvalue weighted by Gasteiger charge is -2.57. The van der Waals surface area contributed by atoms with E-state index in [1.54, 1.807) is 0 Å². The van der Waals surface area contributed by atoms with Crippen molar-refractivity contribution in [2.24, 2.45) is 23.7 Å². The fourth-order valence-electron chi connectivity index (χ4n) is 4.79. The summed E-state index contributed by atoms with van der Waals surface area (Å²) < 4.78 is 0. The number of nitrogens with one attached hydrogen (secondary N) is 2. The Balaban J connectivity index is 1.63. The normalized spacial score (nSPS) is 39.4. The van der Waals surface area contributed by atoms with Gasteiger partial charge in [0.05, 0.1) is 0 Å². The van der Waals surface area contributed by atoms with Crippen LogP contribution in [0.4, 0.5) is 0 Å². The Morgan fingerprint density at radius 2 is 1.58 bits per heavy atom. The first kappa shape index (κ1) is 13.3. The van der Waals surface area contributed by atoms with Crippen LogP contribution in [0.25, 0.3) is 0 Å². The molecule has 3 nitrogen and oxygen atoms in total. The summed E-state index contributed by atoms with van der Waals surface area (Å²) in [4.78, 5) is 11.7. The van der Waals surface area contributed by atoms with Crippen molar-refractivity contribution in [2.45, 2.75) is 57.9 Å². The van der Waals surface area contributed by atoms with Gasteiger partial charge in [-0.1, -0.05) is 13.8 Å². The van der Waals surface area contributed by atoms with Crippen LogP contribution in [0.5, 0.6) is 0 Å². The Hall–Kier alpha value is -0.640. The molecule has 0 saturated heterocycles. The summed E-state index contributed by atoms with van der Waals surface area (Å²) in [6, 6.07) is 0. The Labute approximate surface area is 120 Å². The molecule has 4 aliphatic rings. The number of hydrogen-bond acceptors (Lipinski definition) is 2. The van der Waals surface area contributed by atoms with E-state index in [0.717, 1.165) is 17.8 Å². The zero-order chi connectivity index (χ0) is 13.6. The average Bonchev–Trinajstić information content (AvgIpc) is 2.25. The molecule has 0 atom stereocenters. The summed E-state index contributed by atoms with van der Waals surface area (Å²) >= 11 is 5.34. The minimum atomic E-state index is -0.0175. The highest BCUT2D eigenvalue weighted by Crippen LogP contribution is 2.55. The van der Waals surface area contributed by atoms with Gasteiger partial charge in [-0.15, -0.1) is 0 Å². The van der Waals surface area contributed by atoms with Crippen LogP contribution in [0, 0.1) is 23.7 Å². The maximum Gasteiger partial charge on any atom is 0.228 e. The van der Waals surface area contributed by atoms with Gasteiger partial charge >= 0.3 is 0 Å². The number of thiocarbonyl (C=S) groups is 1. The third kappa shape index (κ3) is 2.64. The summed E-state index contributed by atoms with van der Waals surface area (Å²) in [6.45, 7) is 3.78. The molecule has 4 saturated carbocycles. The van der Waals surface area contributed by atoms with Crippen LogP contribution in [0.3, 0.4) is 0 Å². The summed E-state index contributed by atoms with van der Waals surface area (Å²) in [5.74, 6) is 2.67. The van der Waals surface area contributed by atoms with Crippen LogP contribution in [0.15, 0.2) is 0 Å². The first-order chi connectivity index (χ1) is 8.96. The van der Waals surface area contributed by atoms with E-state index < -0.39 is 0 Å². The van der Waals surface area contributed by atoms with E-state index >= 15 is 0 Å². The van der Waals surface area contributed by atoms with E-state index in [9.17, 15) is 4.79 Å². The molecule has 4 rings (SSSR count). The fourth-order valence-corrected chi connectivity index (χ4v) is 5.11. The number of rotatable bonds is 2. The molecule has 0 aromatic rings. The van der Waals surface area contributed by atoms with Crippen LogP contribution in [-0.4, -0.2) is 16.6 Å². The smallest absolute Gasteiger partial charge is 0.228 e. The number of carbonyl (C=O) groups excluding carboxylic acids is 1. The average molecular weight is 280 g/mol. The molecule has 0 heterocycles. The van der Waals surface area contributed by atoms with Crippen LogP contribution < -0.4 is 10.6 Å². The molecular weight excluding hydrogens is 256 g/mol. The Morgan fingerprint density at radius 3 is 2.00 bits per heavy atom. The third-order valence-electron chi connectivity index (χ3n) is 5.18. The molecule has 2 N–H and O–H groups in total. The van der Waals surface area contributed by atoms with Crippen molar-refractivity contribution < 1.29 is 4.79 Å². The lowest BCUT2D eigenvalue weighted by Crippen LogP contribution is -2.61. The zero-order valence-corrected chi connectivity index (χ0v) is 12.7. The van der Waals surface area contributed by atoms with Gasteiger partial charge in [-0.3, -0.25) is 4.79 Å². The summed E-state index contributed by atoms with van der Waals surface area (Å²) in [6.07, 6.45) is 8.01. The SMILES string of the molecule is CC(C)C(=O)NC(=S)NC12CC3CC(CC(C3)C1)C2. The van der Waals surface area contributed by atoms with Gasteiger partial charge in [-0.05, 0) is 68.5 Å². The molecular formula is C15H24N2OS. The first-order valence-electron chi connectivity index (χ1n) is 7.59. The molecule has 4 bridgehead atoms. The predicted molar refractivity (Wildman–Crippen MR) is 79.6 cm³/mol. The topological polar surface area (TPSA) is 41.1 Å². The van der Waals surface area contributed by atoms with Crippen molar-refractivity contribution in [1.29, 1.82) is 0 Å². The van der Waals surface area contributed by atoms with E-state index in [0.29, 0.717) is 5.11 Å². The van der Waals surface area contributed by atoms with Crippen molar-refractivity contribution >= 4 is 23.2 Å². The Bertz CT molecular complexity index is 370. The Kier molecular flexibility index (Phi) is 3.32. The first-order valence-corrected chi connectivity index (χ1v) is 7.99. The Morgan fingerprint density at radius 1 is 1.11 bits per heavy atom. The molecule has 19 heavy (non-hydrogen) atoms. The van der Waals surface area contributed by atoms with Gasteiger partial charge in [0.1, 0.15) is 0 Å². The molecule has 4 aliphatic carbocycles. The number of carbonyl (C=O) groups is 1. The van der Waals surface area contributed by atoms with Crippen molar-refractivity contribution in [2.75, 3.05) is 0 Å². The monoisotopic (exact) mass is 280 g/mol. The minimum Gasteiger partial charge on any atom is -0.357 e. The second kappa shape index (κ2) is 4.72. The van der Waals surface area contributed by atoms with Crippen LogP contribution in [0.2, 0.25) is 0 Å². The second-order valence-electron chi connectivity index (χ2n) is 7.30. The van der Waals surface area contributed by atoms with Crippen LogP contribution in [-0.2, 0) is 4.79 Å². The highest BCUT2D eigenvalue weighted by molar-refractivity contribution is 7.80. The molecule has 0 aromatic heterocycles. The standard InChI is InChI=1S/C15H24N2OS/c1-9(2)13(18)16-14(19)17-15-6-10-3-11(7-15)5-12(4-10)8-15/h9-12H,3-8H2,1-2H3,(H2,16,17,18,19). The highest BCUT2D eigenvalue weighted by Gasteiger charge is 2.51. The molecule has 0 radical (unpaired) electrons. The number of amides is 1. The van der Waals surface area contributed by atoms with Gasteiger partial charge in [-0.25, -0.2) is 0 Å². The van der Waals surface area contributed by atoms with Gasteiger partial charge in [0, 0.05) is 11.5 Å². The fraction of sp³-hybridized carbons (Fsp3) is 0.867. The molecule has 0 spiro atoms. The van der Waals surface area contributed by atoms with Gasteiger partial charge < -0.3 is 10.6 Å². The van der Waals surface area contributed by atoms with Gasteiger partial charge in [0.2, 0.25) is 5.91 Å². The maximum absolute atomic E-state index is 11.7.